The third kappa shape index (κ3) is 5.35. The first-order chi connectivity index (χ1) is 12.3. The van der Waals surface area contributed by atoms with E-state index in [0.717, 1.165) is 57.9 Å². The van der Waals surface area contributed by atoms with Gasteiger partial charge in [0.2, 0.25) is 0 Å². The third-order valence-electron chi connectivity index (χ3n) is 5.36. The van der Waals surface area contributed by atoms with Gasteiger partial charge in [-0.05, 0) is 48.2 Å². The molecule has 6 heteroatoms. The lowest BCUT2D eigenvalue weighted by Gasteiger charge is -2.37. The summed E-state index contributed by atoms with van der Waals surface area (Å²) in [5.74, 6) is -0.171. The molecule has 2 aromatic carbocycles. The molecule has 0 radical (unpaired) electrons. The van der Waals surface area contributed by atoms with Gasteiger partial charge in [-0.15, -0.1) is 24.8 Å². The molecule has 4 rings (SSSR count). The van der Waals surface area contributed by atoms with Crippen LogP contribution in [-0.2, 0) is 11.2 Å². The van der Waals surface area contributed by atoms with Crippen LogP contribution in [0.5, 0.6) is 0 Å². The van der Waals surface area contributed by atoms with Crippen LogP contribution in [0.15, 0.2) is 48.5 Å². The van der Waals surface area contributed by atoms with E-state index in [2.05, 4.69) is 34.1 Å². The Hall–Kier alpha value is -1.33. The number of benzene rings is 2. The Labute approximate surface area is 173 Å². The molecule has 1 atom stereocenters. The number of halogens is 3. The van der Waals surface area contributed by atoms with E-state index in [1.807, 2.05) is 12.1 Å². The Morgan fingerprint density at radius 2 is 1.63 bits per heavy atom. The minimum absolute atomic E-state index is 0. The molecule has 3 nitrogen and oxygen atoms in total. The molecule has 1 unspecified atom stereocenters. The van der Waals surface area contributed by atoms with Gasteiger partial charge in [0.05, 0.1) is 12.7 Å². The average Bonchev–Trinajstić information content (AvgIpc) is 2.67. The minimum Gasteiger partial charge on any atom is -0.373 e. The van der Waals surface area contributed by atoms with Gasteiger partial charge in [-0.3, -0.25) is 4.90 Å². The lowest BCUT2D eigenvalue weighted by molar-refractivity contribution is 0.0289. The van der Waals surface area contributed by atoms with Crippen molar-refractivity contribution in [3.8, 4) is 0 Å². The van der Waals surface area contributed by atoms with Gasteiger partial charge < -0.3 is 9.64 Å². The molecule has 2 aliphatic rings. The number of hydrogen-bond acceptors (Lipinski definition) is 3. The second kappa shape index (κ2) is 10.3. The van der Waals surface area contributed by atoms with Crippen molar-refractivity contribution in [2.45, 2.75) is 18.9 Å². The molecule has 0 spiro atoms. The zero-order valence-electron chi connectivity index (χ0n) is 15.4. The lowest BCUT2D eigenvalue weighted by Crippen LogP contribution is -2.46. The van der Waals surface area contributed by atoms with Gasteiger partial charge in [-0.25, -0.2) is 4.39 Å². The van der Waals surface area contributed by atoms with Crippen molar-refractivity contribution in [1.82, 2.24) is 4.90 Å². The molecule has 27 heavy (non-hydrogen) atoms. The van der Waals surface area contributed by atoms with Crippen LogP contribution in [-0.4, -0.2) is 44.2 Å². The first-order valence-corrected chi connectivity index (χ1v) is 9.22. The van der Waals surface area contributed by atoms with Gasteiger partial charge in [-0.2, -0.15) is 0 Å². The van der Waals surface area contributed by atoms with E-state index in [1.165, 1.54) is 11.1 Å². The summed E-state index contributed by atoms with van der Waals surface area (Å²) in [7, 11) is 0. The summed E-state index contributed by atoms with van der Waals surface area (Å²) in [6, 6.07) is 15.5. The Balaban J connectivity index is 0.00000131. The second-order valence-electron chi connectivity index (χ2n) is 6.90. The fourth-order valence-corrected chi connectivity index (χ4v) is 3.90. The van der Waals surface area contributed by atoms with Crippen LogP contribution in [0.4, 0.5) is 10.1 Å². The quantitative estimate of drug-likeness (QED) is 0.735. The van der Waals surface area contributed by atoms with E-state index >= 15 is 0 Å². The minimum atomic E-state index is -0.171. The van der Waals surface area contributed by atoms with Crippen LogP contribution in [0.3, 0.4) is 0 Å². The van der Waals surface area contributed by atoms with Gasteiger partial charge >= 0.3 is 0 Å². The first kappa shape index (κ1) is 22.0. The zero-order chi connectivity index (χ0) is 17.1. The summed E-state index contributed by atoms with van der Waals surface area (Å²) in [5.41, 5.74) is 3.93. The number of hydrogen-bond donors (Lipinski definition) is 0. The van der Waals surface area contributed by atoms with Crippen LogP contribution >= 0.6 is 24.8 Å². The fourth-order valence-electron chi connectivity index (χ4n) is 3.90. The monoisotopic (exact) mass is 412 g/mol. The molecule has 2 aromatic rings. The van der Waals surface area contributed by atoms with Crippen molar-refractivity contribution in [2.75, 3.05) is 44.2 Å². The molecular weight excluding hydrogens is 386 g/mol. The van der Waals surface area contributed by atoms with E-state index in [1.54, 1.807) is 12.1 Å². The summed E-state index contributed by atoms with van der Waals surface area (Å²) in [6.07, 6.45) is 2.32. The molecular formula is C21H27Cl2FN2O. The van der Waals surface area contributed by atoms with E-state index in [9.17, 15) is 4.39 Å². The largest absolute Gasteiger partial charge is 0.373 e. The van der Waals surface area contributed by atoms with Gasteiger partial charge in [0, 0.05) is 38.4 Å². The molecule has 148 valence electrons. The molecule has 2 heterocycles. The van der Waals surface area contributed by atoms with Crippen molar-refractivity contribution < 1.29 is 9.13 Å². The smallest absolute Gasteiger partial charge is 0.123 e. The highest BCUT2D eigenvalue weighted by Gasteiger charge is 2.23. The van der Waals surface area contributed by atoms with E-state index in [4.69, 9.17) is 4.74 Å². The summed E-state index contributed by atoms with van der Waals surface area (Å²) in [4.78, 5) is 4.85. The molecule has 1 fully saturated rings. The zero-order valence-corrected chi connectivity index (χ0v) is 17.0. The molecule has 1 saturated heterocycles. The SMILES string of the molecule is Cl.Cl.Fc1ccc(N2CCN(CCC3OCCc4ccccc43)CC2)cc1. The van der Waals surface area contributed by atoms with Crippen LogP contribution in [0.2, 0.25) is 0 Å². The third-order valence-corrected chi connectivity index (χ3v) is 5.36. The Kier molecular flexibility index (Phi) is 8.36. The predicted molar refractivity (Wildman–Crippen MR) is 113 cm³/mol. The van der Waals surface area contributed by atoms with Crippen molar-refractivity contribution in [3.05, 3.63) is 65.5 Å². The fraction of sp³-hybridized carbons (Fsp3) is 0.429. The average molecular weight is 413 g/mol. The molecule has 0 bridgehead atoms. The van der Waals surface area contributed by atoms with Gasteiger partial charge in [0.25, 0.3) is 0 Å². The number of rotatable bonds is 4. The molecule has 0 amide bonds. The van der Waals surface area contributed by atoms with E-state index in [-0.39, 0.29) is 36.7 Å². The van der Waals surface area contributed by atoms with Gasteiger partial charge in [0.15, 0.2) is 0 Å². The summed E-state index contributed by atoms with van der Waals surface area (Å²) in [6.45, 7) is 5.98. The first-order valence-electron chi connectivity index (χ1n) is 9.22. The topological polar surface area (TPSA) is 15.7 Å². The summed E-state index contributed by atoms with van der Waals surface area (Å²) in [5, 5.41) is 0. The van der Waals surface area contributed by atoms with Crippen molar-refractivity contribution >= 4 is 30.5 Å². The number of fused-ring (bicyclic) bond motifs is 1. The standard InChI is InChI=1S/C21H25FN2O.2ClH/c22-18-5-7-19(8-6-18)24-14-12-23(13-15-24)11-9-21-20-4-2-1-3-17(20)10-16-25-21;;/h1-8,21H,9-16H2;2*1H. The predicted octanol–water partition coefficient (Wildman–Crippen LogP) is 4.50. The van der Waals surface area contributed by atoms with Crippen LogP contribution in [0.1, 0.15) is 23.7 Å². The second-order valence-corrected chi connectivity index (χ2v) is 6.90. The molecule has 0 aromatic heterocycles. The lowest BCUT2D eigenvalue weighted by atomic mass is 9.95. The Morgan fingerprint density at radius 1 is 0.926 bits per heavy atom. The van der Waals surface area contributed by atoms with Gasteiger partial charge in [-0.1, -0.05) is 24.3 Å². The van der Waals surface area contributed by atoms with Crippen LogP contribution in [0, 0.1) is 5.82 Å². The maximum absolute atomic E-state index is 13.1. The highest BCUT2D eigenvalue weighted by atomic mass is 35.5. The number of anilines is 1. The maximum atomic E-state index is 13.1. The Bertz CT molecular complexity index is 706. The summed E-state index contributed by atoms with van der Waals surface area (Å²) >= 11 is 0. The Morgan fingerprint density at radius 3 is 2.37 bits per heavy atom. The number of nitrogens with zero attached hydrogens (tertiary/aromatic N) is 2. The summed E-state index contributed by atoms with van der Waals surface area (Å²) < 4.78 is 19.1. The molecule has 0 aliphatic carbocycles. The highest BCUT2D eigenvalue weighted by Crippen LogP contribution is 2.29. The number of piperazine rings is 1. The highest BCUT2D eigenvalue weighted by molar-refractivity contribution is 5.85. The van der Waals surface area contributed by atoms with Crippen molar-refractivity contribution in [1.29, 1.82) is 0 Å². The van der Waals surface area contributed by atoms with Crippen LogP contribution < -0.4 is 4.90 Å². The van der Waals surface area contributed by atoms with Gasteiger partial charge in [0.1, 0.15) is 5.82 Å². The van der Waals surface area contributed by atoms with Crippen LogP contribution in [0.25, 0.3) is 0 Å². The normalized spacial score (nSPS) is 19.6. The van der Waals surface area contributed by atoms with E-state index < -0.39 is 0 Å². The van der Waals surface area contributed by atoms with Crippen molar-refractivity contribution in [2.24, 2.45) is 0 Å². The molecule has 2 aliphatic heterocycles. The van der Waals surface area contributed by atoms with Crippen molar-refractivity contribution in [3.63, 3.8) is 0 Å². The van der Waals surface area contributed by atoms with E-state index in [0.29, 0.717) is 0 Å². The molecule has 0 saturated carbocycles. The molecule has 0 N–H and O–H groups in total. The number of ether oxygens (including phenoxy) is 1. The maximum Gasteiger partial charge on any atom is 0.123 e.